The quantitative estimate of drug-likeness (QED) is 0.842. The molecule has 121 valence electrons. The Bertz CT molecular complexity index is 672. The molecule has 2 heteroatoms. The van der Waals surface area contributed by atoms with E-state index in [1.165, 1.54) is 38.9 Å². The van der Waals surface area contributed by atoms with Crippen LogP contribution in [0.2, 0.25) is 0 Å². The normalized spacial score (nSPS) is 11.4. The van der Waals surface area contributed by atoms with Gasteiger partial charge in [-0.05, 0) is 44.7 Å². The predicted octanol–water partition coefficient (Wildman–Crippen LogP) is 4.00. The van der Waals surface area contributed by atoms with Crippen molar-refractivity contribution in [1.82, 2.24) is 0 Å². The molecule has 2 rings (SSSR count). The zero-order chi connectivity index (χ0) is 17.2. The Morgan fingerprint density at radius 3 is 2.09 bits per heavy atom. The van der Waals surface area contributed by atoms with Crippen LogP contribution in [0.1, 0.15) is 49.9 Å². The van der Waals surface area contributed by atoms with Crippen LogP contribution in [0.25, 0.3) is 0 Å². The summed E-state index contributed by atoms with van der Waals surface area (Å²) < 4.78 is 0. The second kappa shape index (κ2) is 6.82. The van der Waals surface area contributed by atoms with E-state index in [9.17, 15) is 0 Å². The average Bonchev–Trinajstić information content (AvgIpc) is 2.43. The molecule has 2 aromatic rings. The van der Waals surface area contributed by atoms with Crippen LogP contribution in [0, 0.1) is 20.8 Å². The van der Waals surface area contributed by atoms with E-state index in [1.807, 2.05) is 0 Å². The van der Waals surface area contributed by atoms with Crippen molar-refractivity contribution in [3.05, 3.63) is 52.6 Å². The number of nitrogens with one attached hydrogen (secondary N) is 1. The van der Waals surface area contributed by atoms with Crippen molar-refractivity contribution < 1.29 is 0 Å². The Hall–Kier alpha value is -1.70. The lowest BCUT2D eigenvalue weighted by Gasteiger charge is -2.22. The van der Waals surface area contributed by atoms with E-state index in [0.29, 0.717) is 0 Å². The van der Waals surface area contributed by atoms with Gasteiger partial charge in [-0.3, -0.25) is 0 Å². The van der Waals surface area contributed by atoms with Gasteiger partial charge in [-0.15, -0.1) is 0 Å². The maximum Gasteiger partial charge on any atom is 0.194 e. The molecular weight excluding hydrogens is 277 g/mol. The number of anilines is 1. The molecule has 0 amide bonds. The smallest absolute Gasteiger partial charge is 0.194 e. The highest BCUT2D eigenvalue weighted by molar-refractivity contribution is 6.69. The summed E-state index contributed by atoms with van der Waals surface area (Å²) in [5, 5.41) is 3.49. The van der Waals surface area contributed by atoms with E-state index < -0.39 is 0 Å². The summed E-state index contributed by atoms with van der Waals surface area (Å²) >= 11 is 0. The molecule has 1 nitrogen and oxygen atoms in total. The first kappa shape index (κ1) is 17.7. The van der Waals surface area contributed by atoms with Crippen LogP contribution < -0.4 is 16.2 Å². The first-order chi connectivity index (χ1) is 10.7. The largest absolute Gasteiger partial charge is 0.386 e. The Labute approximate surface area is 142 Å². The van der Waals surface area contributed by atoms with Crippen molar-refractivity contribution in [3.63, 3.8) is 0 Å². The molecule has 0 spiro atoms. The van der Waals surface area contributed by atoms with Gasteiger partial charge in [0.05, 0.1) is 0 Å². The lowest BCUT2D eigenvalue weighted by atomic mass is 9.59. The van der Waals surface area contributed by atoms with Gasteiger partial charge in [0.15, 0.2) is 7.28 Å². The van der Waals surface area contributed by atoms with E-state index in [0.717, 1.165) is 6.54 Å². The number of aryl methyl sites for hydroxylation is 3. The molecule has 0 aliphatic carbocycles. The molecule has 0 atom stereocenters. The van der Waals surface area contributed by atoms with Crippen LogP contribution in [0.5, 0.6) is 0 Å². The molecule has 1 radical (unpaired) electrons. The van der Waals surface area contributed by atoms with Crippen LogP contribution in [0.3, 0.4) is 0 Å². The second-order valence-corrected chi connectivity index (χ2v) is 7.54. The van der Waals surface area contributed by atoms with E-state index in [1.54, 1.807) is 0 Å². The zero-order valence-corrected chi connectivity index (χ0v) is 15.7. The minimum absolute atomic E-state index is 0.157. The van der Waals surface area contributed by atoms with Gasteiger partial charge in [-0.2, -0.15) is 0 Å². The van der Waals surface area contributed by atoms with E-state index in [2.05, 4.69) is 91.4 Å². The van der Waals surface area contributed by atoms with Gasteiger partial charge in [-0.25, -0.2) is 0 Å². The van der Waals surface area contributed by atoms with Crippen LogP contribution in [0.15, 0.2) is 30.3 Å². The molecular formula is C21H29BN. The summed E-state index contributed by atoms with van der Waals surface area (Å²) in [6, 6.07) is 11.3. The van der Waals surface area contributed by atoms with Crippen LogP contribution in [0.4, 0.5) is 5.69 Å². The van der Waals surface area contributed by atoms with Gasteiger partial charge in [-0.1, -0.05) is 72.7 Å². The monoisotopic (exact) mass is 306 g/mol. The molecule has 0 aliphatic rings. The average molecular weight is 306 g/mol. The third-order valence-electron chi connectivity index (χ3n) is 4.32. The lowest BCUT2D eigenvalue weighted by Crippen LogP contribution is -2.34. The van der Waals surface area contributed by atoms with Gasteiger partial charge >= 0.3 is 0 Å². The van der Waals surface area contributed by atoms with Crippen LogP contribution in [-0.4, -0.2) is 13.8 Å². The minimum atomic E-state index is 0.157. The van der Waals surface area contributed by atoms with Crippen molar-refractivity contribution in [2.24, 2.45) is 0 Å². The summed E-state index contributed by atoms with van der Waals surface area (Å²) in [6.45, 7) is 16.4. The van der Waals surface area contributed by atoms with E-state index in [-0.39, 0.29) is 5.41 Å². The van der Waals surface area contributed by atoms with Crippen molar-refractivity contribution in [1.29, 1.82) is 0 Å². The fourth-order valence-corrected chi connectivity index (χ4v) is 3.07. The van der Waals surface area contributed by atoms with Gasteiger partial charge in [0.25, 0.3) is 0 Å². The highest BCUT2D eigenvalue weighted by Crippen LogP contribution is 2.22. The Morgan fingerprint density at radius 1 is 0.957 bits per heavy atom. The first-order valence-electron chi connectivity index (χ1n) is 8.53. The predicted molar refractivity (Wildman–Crippen MR) is 105 cm³/mol. The zero-order valence-electron chi connectivity index (χ0n) is 15.7. The molecule has 0 heterocycles. The van der Waals surface area contributed by atoms with Gasteiger partial charge in [0, 0.05) is 12.2 Å². The number of rotatable bonds is 4. The summed E-state index contributed by atoms with van der Waals surface area (Å²) in [5.41, 5.74) is 9.34. The van der Waals surface area contributed by atoms with Gasteiger partial charge < -0.3 is 5.32 Å². The highest BCUT2D eigenvalue weighted by atomic mass is 14.9. The summed E-state index contributed by atoms with van der Waals surface area (Å²) in [6.07, 6.45) is 0. The Kier molecular flexibility index (Phi) is 5.24. The van der Waals surface area contributed by atoms with E-state index >= 15 is 0 Å². The highest BCUT2D eigenvalue weighted by Gasteiger charge is 2.17. The van der Waals surface area contributed by atoms with Crippen molar-refractivity contribution >= 4 is 23.9 Å². The Morgan fingerprint density at radius 2 is 1.57 bits per heavy atom. The summed E-state index contributed by atoms with van der Waals surface area (Å²) in [5.74, 6) is 0. The van der Waals surface area contributed by atoms with Crippen LogP contribution in [-0.2, 0) is 5.41 Å². The molecule has 2 aromatic carbocycles. The lowest BCUT2D eigenvalue weighted by molar-refractivity contribution is 0.591. The Balaban J connectivity index is 2.49. The van der Waals surface area contributed by atoms with Crippen molar-refractivity contribution in [2.75, 3.05) is 11.9 Å². The standard InChI is InChI=1S/C21H29BN/c1-8-23-19-10-9-17(21(5,6)7)13-18(19)22-20-15(3)11-14(2)12-16(20)4/h9-13,23H,8H2,1-7H3. The number of hydrogen-bond donors (Lipinski definition) is 1. The van der Waals surface area contributed by atoms with Crippen molar-refractivity contribution in [3.8, 4) is 0 Å². The maximum absolute atomic E-state index is 3.49. The molecule has 0 bridgehead atoms. The third kappa shape index (κ3) is 4.19. The summed E-state index contributed by atoms with van der Waals surface area (Å²) in [4.78, 5) is 0. The minimum Gasteiger partial charge on any atom is -0.386 e. The molecule has 0 fully saturated rings. The number of hydrogen-bond acceptors (Lipinski definition) is 1. The summed E-state index contributed by atoms with van der Waals surface area (Å²) in [7, 11) is 2.33. The van der Waals surface area contributed by atoms with Gasteiger partial charge in [0.1, 0.15) is 0 Å². The maximum atomic E-state index is 3.49. The van der Waals surface area contributed by atoms with Crippen molar-refractivity contribution in [2.45, 2.75) is 53.9 Å². The molecule has 0 saturated carbocycles. The molecule has 23 heavy (non-hydrogen) atoms. The number of benzene rings is 2. The third-order valence-corrected chi connectivity index (χ3v) is 4.32. The first-order valence-corrected chi connectivity index (χ1v) is 8.53. The SMILES string of the molecule is CCNc1ccc(C(C)(C)C)cc1[B]c1c(C)cc(C)cc1C. The molecule has 0 aliphatic heterocycles. The molecule has 0 saturated heterocycles. The van der Waals surface area contributed by atoms with E-state index in [4.69, 9.17) is 0 Å². The molecule has 0 aromatic heterocycles. The fourth-order valence-electron chi connectivity index (χ4n) is 3.07. The molecule has 1 N–H and O–H groups in total. The van der Waals surface area contributed by atoms with Gasteiger partial charge in [0.2, 0.25) is 0 Å². The van der Waals surface area contributed by atoms with Crippen LogP contribution >= 0.6 is 0 Å². The molecule has 0 unspecified atom stereocenters. The topological polar surface area (TPSA) is 12.0 Å². The second-order valence-electron chi connectivity index (χ2n) is 7.54. The fraction of sp³-hybridized carbons (Fsp3) is 0.429.